The number of carbonyl (C=O) groups excluding carboxylic acids is 1. The van der Waals surface area contributed by atoms with Crippen molar-refractivity contribution < 1.29 is 9.53 Å². The zero-order chi connectivity index (χ0) is 14.7. The summed E-state index contributed by atoms with van der Waals surface area (Å²) in [7, 11) is 0. The summed E-state index contributed by atoms with van der Waals surface area (Å²) in [6.07, 6.45) is 4.96. The van der Waals surface area contributed by atoms with E-state index in [-0.39, 0.29) is 6.09 Å². The van der Waals surface area contributed by atoms with Gasteiger partial charge < -0.3 is 19.9 Å². The summed E-state index contributed by atoms with van der Waals surface area (Å²) in [6, 6.07) is 2.23. The SMILES string of the molecule is CCOC(=O)N1CCC(Nc2ncnc3cc[nH]c23)CC1. The van der Waals surface area contributed by atoms with E-state index in [0.717, 1.165) is 29.7 Å². The normalized spacial score (nSPS) is 16.1. The highest BCUT2D eigenvalue weighted by molar-refractivity contribution is 5.85. The van der Waals surface area contributed by atoms with Crippen LogP contribution in [0.5, 0.6) is 0 Å². The van der Waals surface area contributed by atoms with Crippen LogP contribution in [0, 0.1) is 0 Å². The first-order valence-corrected chi connectivity index (χ1v) is 7.24. The summed E-state index contributed by atoms with van der Waals surface area (Å²) >= 11 is 0. The summed E-state index contributed by atoms with van der Waals surface area (Å²) < 4.78 is 5.02. The van der Waals surface area contributed by atoms with Crippen molar-refractivity contribution in [1.82, 2.24) is 19.9 Å². The summed E-state index contributed by atoms with van der Waals surface area (Å²) in [5.41, 5.74) is 1.82. The van der Waals surface area contributed by atoms with Crippen molar-refractivity contribution in [2.75, 3.05) is 25.0 Å². The Labute approximate surface area is 122 Å². The smallest absolute Gasteiger partial charge is 0.409 e. The van der Waals surface area contributed by atoms with Crippen LogP contribution in [-0.4, -0.2) is 51.7 Å². The Hall–Kier alpha value is -2.31. The average Bonchev–Trinajstić information content (AvgIpc) is 2.98. The van der Waals surface area contributed by atoms with E-state index in [4.69, 9.17) is 4.74 Å². The van der Waals surface area contributed by atoms with Gasteiger partial charge in [0.2, 0.25) is 0 Å². The number of likely N-dealkylation sites (tertiary alicyclic amines) is 1. The summed E-state index contributed by atoms with van der Waals surface area (Å²) in [6.45, 7) is 3.65. The van der Waals surface area contributed by atoms with Crippen LogP contribution in [0.15, 0.2) is 18.6 Å². The van der Waals surface area contributed by atoms with E-state index in [0.29, 0.717) is 25.7 Å². The third-order valence-electron chi connectivity index (χ3n) is 3.71. The summed E-state index contributed by atoms with van der Waals surface area (Å²) in [4.78, 5) is 25.1. The van der Waals surface area contributed by atoms with E-state index < -0.39 is 0 Å². The molecule has 1 aliphatic heterocycles. The molecule has 1 amide bonds. The molecule has 0 spiro atoms. The molecule has 21 heavy (non-hydrogen) atoms. The number of amides is 1. The molecule has 1 aliphatic rings. The van der Waals surface area contributed by atoms with Crippen molar-refractivity contribution in [3.8, 4) is 0 Å². The first-order chi connectivity index (χ1) is 10.3. The molecule has 0 aromatic carbocycles. The van der Waals surface area contributed by atoms with Crippen molar-refractivity contribution in [2.45, 2.75) is 25.8 Å². The van der Waals surface area contributed by atoms with Gasteiger partial charge in [0.05, 0.1) is 12.1 Å². The first kappa shape index (κ1) is 13.7. The van der Waals surface area contributed by atoms with E-state index in [1.165, 1.54) is 0 Å². The number of anilines is 1. The highest BCUT2D eigenvalue weighted by atomic mass is 16.6. The zero-order valence-electron chi connectivity index (χ0n) is 12.0. The van der Waals surface area contributed by atoms with Crippen LogP contribution in [0.4, 0.5) is 10.6 Å². The van der Waals surface area contributed by atoms with Crippen LogP contribution in [0.2, 0.25) is 0 Å². The third-order valence-corrected chi connectivity index (χ3v) is 3.71. The molecule has 0 bridgehead atoms. The van der Waals surface area contributed by atoms with E-state index in [9.17, 15) is 4.79 Å². The number of piperidine rings is 1. The van der Waals surface area contributed by atoms with Gasteiger partial charge in [0.1, 0.15) is 11.8 Å². The van der Waals surface area contributed by atoms with Gasteiger partial charge in [0.15, 0.2) is 5.82 Å². The first-order valence-electron chi connectivity index (χ1n) is 7.24. The van der Waals surface area contributed by atoms with Crippen LogP contribution in [0.3, 0.4) is 0 Å². The zero-order valence-corrected chi connectivity index (χ0v) is 12.0. The number of aromatic nitrogens is 3. The monoisotopic (exact) mass is 289 g/mol. The van der Waals surface area contributed by atoms with Crippen molar-refractivity contribution in [3.63, 3.8) is 0 Å². The molecule has 2 aromatic heterocycles. The molecule has 0 radical (unpaired) electrons. The number of fused-ring (bicyclic) bond motifs is 1. The summed E-state index contributed by atoms with van der Waals surface area (Å²) in [5, 5.41) is 3.44. The number of ether oxygens (including phenoxy) is 1. The van der Waals surface area contributed by atoms with Crippen molar-refractivity contribution in [2.24, 2.45) is 0 Å². The molecule has 1 fully saturated rings. The molecule has 112 valence electrons. The molecule has 0 saturated carbocycles. The largest absolute Gasteiger partial charge is 0.450 e. The van der Waals surface area contributed by atoms with Crippen molar-refractivity contribution >= 4 is 22.9 Å². The lowest BCUT2D eigenvalue weighted by Gasteiger charge is -2.31. The molecule has 3 rings (SSSR count). The molecule has 2 N–H and O–H groups in total. The Kier molecular flexibility index (Phi) is 3.89. The Bertz CT molecular complexity index is 619. The number of carbonyl (C=O) groups is 1. The van der Waals surface area contributed by atoms with Gasteiger partial charge in [-0.3, -0.25) is 0 Å². The van der Waals surface area contributed by atoms with Gasteiger partial charge in [-0.25, -0.2) is 14.8 Å². The van der Waals surface area contributed by atoms with Gasteiger partial charge in [-0.15, -0.1) is 0 Å². The number of H-pyrrole nitrogens is 1. The predicted molar refractivity (Wildman–Crippen MR) is 79.1 cm³/mol. The van der Waals surface area contributed by atoms with Gasteiger partial charge >= 0.3 is 6.09 Å². The number of hydrogen-bond acceptors (Lipinski definition) is 5. The van der Waals surface area contributed by atoms with Gasteiger partial charge in [0, 0.05) is 25.3 Å². The molecular weight excluding hydrogens is 270 g/mol. The Morgan fingerprint density at radius 1 is 1.48 bits per heavy atom. The second-order valence-corrected chi connectivity index (χ2v) is 5.06. The number of rotatable bonds is 3. The highest BCUT2D eigenvalue weighted by Crippen LogP contribution is 2.21. The number of nitrogens with one attached hydrogen (secondary N) is 2. The minimum absolute atomic E-state index is 0.218. The molecule has 7 heteroatoms. The van der Waals surface area contributed by atoms with Crippen LogP contribution in [0.1, 0.15) is 19.8 Å². The maximum absolute atomic E-state index is 11.7. The Morgan fingerprint density at radius 2 is 2.29 bits per heavy atom. The second-order valence-electron chi connectivity index (χ2n) is 5.06. The number of nitrogens with zero attached hydrogens (tertiary/aromatic N) is 3. The molecule has 0 unspecified atom stereocenters. The molecule has 0 atom stereocenters. The van der Waals surface area contributed by atoms with Crippen LogP contribution in [0.25, 0.3) is 11.0 Å². The predicted octanol–water partition coefficient (Wildman–Crippen LogP) is 1.99. The minimum atomic E-state index is -0.218. The topological polar surface area (TPSA) is 83.1 Å². The molecule has 2 aromatic rings. The standard InChI is InChI=1S/C14H19N5O2/c1-2-21-14(20)19-7-4-10(5-8-19)18-13-12-11(3-6-15-12)16-9-17-13/h3,6,9-10,15H,2,4-5,7-8H2,1H3,(H,16,17,18). The van der Waals surface area contributed by atoms with Gasteiger partial charge in [-0.2, -0.15) is 0 Å². The van der Waals surface area contributed by atoms with Crippen LogP contribution >= 0.6 is 0 Å². The lowest BCUT2D eigenvalue weighted by atomic mass is 10.1. The molecule has 0 aliphatic carbocycles. The maximum atomic E-state index is 11.7. The van der Waals surface area contributed by atoms with E-state index in [2.05, 4.69) is 20.3 Å². The Balaban J connectivity index is 1.60. The third kappa shape index (κ3) is 2.91. The van der Waals surface area contributed by atoms with Gasteiger partial charge in [-0.1, -0.05) is 0 Å². The fourth-order valence-electron chi connectivity index (χ4n) is 2.60. The number of aromatic amines is 1. The van der Waals surface area contributed by atoms with E-state index in [1.807, 2.05) is 19.2 Å². The number of hydrogen-bond donors (Lipinski definition) is 2. The second kappa shape index (κ2) is 5.99. The lowest BCUT2D eigenvalue weighted by molar-refractivity contribution is 0.0983. The van der Waals surface area contributed by atoms with E-state index in [1.54, 1.807) is 11.2 Å². The molecule has 7 nitrogen and oxygen atoms in total. The van der Waals surface area contributed by atoms with Crippen LogP contribution in [-0.2, 0) is 4.74 Å². The van der Waals surface area contributed by atoms with E-state index >= 15 is 0 Å². The van der Waals surface area contributed by atoms with Crippen molar-refractivity contribution in [1.29, 1.82) is 0 Å². The lowest BCUT2D eigenvalue weighted by Crippen LogP contribution is -2.42. The molecular formula is C14H19N5O2. The van der Waals surface area contributed by atoms with Crippen LogP contribution < -0.4 is 5.32 Å². The molecule has 1 saturated heterocycles. The average molecular weight is 289 g/mol. The fraction of sp³-hybridized carbons (Fsp3) is 0.500. The molecule has 3 heterocycles. The van der Waals surface area contributed by atoms with Gasteiger partial charge in [0.25, 0.3) is 0 Å². The quantitative estimate of drug-likeness (QED) is 0.903. The van der Waals surface area contributed by atoms with Gasteiger partial charge in [-0.05, 0) is 25.8 Å². The highest BCUT2D eigenvalue weighted by Gasteiger charge is 2.24. The van der Waals surface area contributed by atoms with Crippen molar-refractivity contribution in [3.05, 3.63) is 18.6 Å². The minimum Gasteiger partial charge on any atom is -0.450 e. The fourth-order valence-corrected chi connectivity index (χ4v) is 2.60. The summed E-state index contributed by atoms with van der Waals surface area (Å²) in [5.74, 6) is 0.819. The Morgan fingerprint density at radius 3 is 3.05 bits per heavy atom. The maximum Gasteiger partial charge on any atom is 0.409 e.